The quantitative estimate of drug-likeness (QED) is 0.165. The molecule has 0 N–H and O–H groups in total. The molecule has 1 unspecified atom stereocenters. The highest BCUT2D eigenvalue weighted by molar-refractivity contribution is 6.77. The van der Waals surface area contributed by atoms with E-state index in [2.05, 4.69) is 55.4 Å². The summed E-state index contributed by atoms with van der Waals surface area (Å²) in [5.41, 5.74) is 2.10. The van der Waals surface area contributed by atoms with Crippen molar-refractivity contribution in [2.24, 2.45) is 0 Å². The van der Waals surface area contributed by atoms with Crippen LogP contribution in [0.3, 0.4) is 0 Å². The lowest BCUT2D eigenvalue weighted by atomic mass is 10.0. The first-order valence-electron chi connectivity index (χ1n) is 12.5. The minimum atomic E-state index is -1.73. The molecule has 0 saturated heterocycles. The van der Waals surface area contributed by atoms with Gasteiger partial charge in [0.2, 0.25) is 8.32 Å². The van der Waals surface area contributed by atoms with Gasteiger partial charge in [-0.2, -0.15) is 0 Å². The molecule has 27 heavy (non-hydrogen) atoms. The van der Waals surface area contributed by atoms with Crippen LogP contribution >= 0.6 is 0 Å². The molecule has 0 bridgehead atoms. The predicted molar refractivity (Wildman–Crippen MR) is 127 cm³/mol. The Balaban J connectivity index is 4.29. The van der Waals surface area contributed by atoms with Crippen molar-refractivity contribution in [3.8, 4) is 0 Å². The molecular weight excluding hydrogens is 344 g/mol. The highest BCUT2D eigenvalue weighted by Crippen LogP contribution is 2.43. The van der Waals surface area contributed by atoms with Crippen molar-refractivity contribution in [3.63, 3.8) is 0 Å². The maximum absolute atomic E-state index is 7.08. The molecule has 1 atom stereocenters. The monoisotopic (exact) mass is 398 g/mol. The first-order chi connectivity index (χ1) is 12.8. The number of hydrogen-bond acceptors (Lipinski definition) is 1. The molecule has 164 valence electrons. The van der Waals surface area contributed by atoms with Crippen molar-refractivity contribution < 1.29 is 4.43 Å². The maximum atomic E-state index is 7.08. The van der Waals surface area contributed by atoms with Crippen molar-refractivity contribution >= 4 is 8.32 Å². The Kier molecular flexibility index (Phi) is 16.1. The minimum absolute atomic E-state index is 0.503. The maximum Gasteiger partial charge on any atom is 0.200 e. The molecule has 0 heterocycles. The summed E-state index contributed by atoms with van der Waals surface area (Å²) in [5.74, 6) is 0. The van der Waals surface area contributed by atoms with Gasteiger partial charge in [-0.05, 0) is 29.5 Å². The molecular formula is C25H54OSi. The van der Waals surface area contributed by atoms with Crippen molar-refractivity contribution in [2.45, 2.75) is 162 Å². The van der Waals surface area contributed by atoms with E-state index in [-0.39, 0.29) is 0 Å². The molecule has 0 radical (unpaired) electrons. The van der Waals surface area contributed by atoms with Gasteiger partial charge in [-0.1, -0.05) is 126 Å². The number of rotatable bonds is 18. The Morgan fingerprint density at radius 3 is 1.30 bits per heavy atom. The average molecular weight is 399 g/mol. The van der Waals surface area contributed by atoms with Gasteiger partial charge in [0.1, 0.15) is 0 Å². The van der Waals surface area contributed by atoms with Crippen LogP contribution in [0.2, 0.25) is 16.6 Å². The standard InChI is InChI=1S/C25H54OSi/c1-9-11-12-13-14-15-16-17-18-19-21-25(20-10-2)26-27(22(3)4,23(5)6)24(7)8/h22-25H,9-21H2,1-8H3. The summed E-state index contributed by atoms with van der Waals surface area (Å²) in [4.78, 5) is 0. The van der Waals surface area contributed by atoms with Gasteiger partial charge in [0, 0.05) is 6.10 Å². The zero-order valence-corrected chi connectivity index (χ0v) is 21.4. The molecule has 0 saturated carbocycles. The summed E-state index contributed by atoms with van der Waals surface area (Å²) in [6.45, 7) is 19.1. The fourth-order valence-electron chi connectivity index (χ4n) is 5.14. The lowest BCUT2D eigenvalue weighted by Gasteiger charge is -2.44. The van der Waals surface area contributed by atoms with Gasteiger partial charge in [-0.25, -0.2) is 0 Å². The normalized spacial score (nSPS) is 13.9. The largest absolute Gasteiger partial charge is 0.413 e. The third-order valence-corrected chi connectivity index (χ3v) is 12.7. The number of hydrogen-bond donors (Lipinski definition) is 0. The Bertz CT molecular complexity index is 303. The van der Waals surface area contributed by atoms with Crippen LogP contribution in [-0.4, -0.2) is 14.4 Å². The van der Waals surface area contributed by atoms with Crippen LogP contribution in [-0.2, 0) is 4.43 Å². The van der Waals surface area contributed by atoms with Crippen LogP contribution < -0.4 is 0 Å². The van der Waals surface area contributed by atoms with Crippen LogP contribution in [0.1, 0.15) is 139 Å². The van der Waals surface area contributed by atoms with Gasteiger partial charge in [0.25, 0.3) is 0 Å². The van der Waals surface area contributed by atoms with Crippen molar-refractivity contribution in [2.75, 3.05) is 0 Å². The second-order valence-corrected chi connectivity index (χ2v) is 15.2. The summed E-state index contributed by atoms with van der Waals surface area (Å²) in [5, 5.41) is 0. The summed E-state index contributed by atoms with van der Waals surface area (Å²) >= 11 is 0. The van der Waals surface area contributed by atoms with Crippen molar-refractivity contribution in [1.82, 2.24) is 0 Å². The molecule has 0 amide bonds. The van der Waals surface area contributed by atoms with Gasteiger partial charge < -0.3 is 4.43 Å². The van der Waals surface area contributed by atoms with Crippen LogP contribution in [0.25, 0.3) is 0 Å². The molecule has 0 aliphatic carbocycles. The van der Waals surface area contributed by atoms with Gasteiger partial charge in [-0.3, -0.25) is 0 Å². The second-order valence-electron chi connectivity index (χ2n) is 9.82. The molecule has 2 heteroatoms. The Labute approximate surface area is 174 Å². The minimum Gasteiger partial charge on any atom is -0.413 e. The summed E-state index contributed by atoms with van der Waals surface area (Å²) in [6, 6.07) is 0. The Hall–Kier alpha value is 0.177. The van der Waals surface area contributed by atoms with Gasteiger partial charge in [-0.15, -0.1) is 0 Å². The molecule has 0 aliphatic rings. The van der Waals surface area contributed by atoms with Crippen LogP contribution in [0, 0.1) is 0 Å². The summed E-state index contributed by atoms with van der Waals surface area (Å²) in [7, 11) is -1.73. The smallest absolute Gasteiger partial charge is 0.200 e. The van der Waals surface area contributed by atoms with E-state index in [1.807, 2.05) is 0 Å². The third-order valence-electron chi connectivity index (χ3n) is 6.57. The zero-order valence-electron chi connectivity index (χ0n) is 20.4. The molecule has 1 nitrogen and oxygen atoms in total. The third kappa shape index (κ3) is 10.5. The van der Waals surface area contributed by atoms with Crippen molar-refractivity contribution in [1.29, 1.82) is 0 Å². The first kappa shape index (κ1) is 27.2. The lowest BCUT2D eigenvalue weighted by molar-refractivity contribution is 0.150. The van der Waals surface area contributed by atoms with E-state index in [9.17, 15) is 0 Å². The molecule has 0 spiro atoms. The van der Waals surface area contributed by atoms with E-state index in [0.717, 1.165) is 0 Å². The molecule has 0 rings (SSSR count). The summed E-state index contributed by atoms with van der Waals surface area (Å²) in [6.07, 6.45) is 18.5. The van der Waals surface area contributed by atoms with Crippen molar-refractivity contribution in [3.05, 3.63) is 0 Å². The van der Waals surface area contributed by atoms with Crippen LogP contribution in [0.4, 0.5) is 0 Å². The molecule has 0 fully saturated rings. The van der Waals surface area contributed by atoms with E-state index < -0.39 is 8.32 Å². The average Bonchev–Trinajstić information content (AvgIpc) is 2.60. The van der Waals surface area contributed by atoms with E-state index >= 15 is 0 Å². The first-order valence-corrected chi connectivity index (χ1v) is 14.6. The van der Waals surface area contributed by atoms with E-state index in [4.69, 9.17) is 4.43 Å². The van der Waals surface area contributed by atoms with Gasteiger partial charge in [0.05, 0.1) is 0 Å². The van der Waals surface area contributed by atoms with Crippen LogP contribution in [0.5, 0.6) is 0 Å². The molecule has 0 aromatic heterocycles. The van der Waals surface area contributed by atoms with E-state index in [1.54, 1.807) is 0 Å². The van der Waals surface area contributed by atoms with Gasteiger partial charge >= 0.3 is 0 Å². The summed E-state index contributed by atoms with van der Waals surface area (Å²) < 4.78 is 7.08. The van der Waals surface area contributed by atoms with Gasteiger partial charge in [0.15, 0.2) is 0 Å². The Morgan fingerprint density at radius 1 is 0.519 bits per heavy atom. The highest BCUT2D eigenvalue weighted by Gasteiger charge is 2.46. The van der Waals surface area contributed by atoms with E-state index in [0.29, 0.717) is 22.7 Å². The second kappa shape index (κ2) is 16.0. The lowest BCUT2D eigenvalue weighted by Crippen LogP contribution is -2.50. The highest BCUT2D eigenvalue weighted by atomic mass is 28.4. The Morgan fingerprint density at radius 2 is 0.926 bits per heavy atom. The van der Waals surface area contributed by atoms with E-state index in [1.165, 1.54) is 83.5 Å². The molecule has 0 aliphatic heterocycles. The molecule has 0 aromatic carbocycles. The SMILES string of the molecule is CCCCCCCCCCCCC(CCC)O[Si](C(C)C)(C(C)C)C(C)C. The molecule has 0 aromatic rings. The topological polar surface area (TPSA) is 9.23 Å². The fourth-order valence-corrected chi connectivity index (χ4v) is 10.8. The van der Waals surface area contributed by atoms with Crippen LogP contribution in [0.15, 0.2) is 0 Å². The predicted octanol–water partition coefficient (Wildman–Crippen LogP) is 9.66. The fraction of sp³-hybridized carbons (Fsp3) is 1.00. The zero-order chi connectivity index (χ0) is 20.7. The number of unbranched alkanes of at least 4 members (excludes halogenated alkanes) is 9.